The van der Waals surface area contributed by atoms with Crippen LogP contribution in [0.25, 0.3) is 6.08 Å². The van der Waals surface area contributed by atoms with E-state index in [1.165, 1.54) is 13.0 Å². The Morgan fingerprint density at radius 2 is 1.67 bits per heavy atom. The number of carboxylic acid groups (broad SMARTS) is 1. The molecule has 0 saturated heterocycles. The van der Waals surface area contributed by atoms with E-state index in [1.54, 1.807) is 0 Å². The molecule has 0 aliphatic heterocycles. The highest BCUT2D eigenvalue weighted by molar-refractivity contribution is 6.01. The van der Waals surface area contributed by atoms with Gasteiger partial charge in [0, 0.05) is 52.6 Å². The molecule has 2 saturated carbocycles. The van der Waals surface area contributed by atoms with Gasteiger partial charge in [-0.25, -0.2) is 4.79 Å². The minimum atomic E-state index is -1.20. The van der Waals surface area contributed by atoms with Crippen LogP contribution in [0.1, 0.15) is 92.6 Å². The molecule has 5 N–H and O–H groups in total. The third-order valence-corrected chi connectivity index (χ3v) is 13.2. The van der Waals surface area contributed by atoms with Crippen LogP contribution in [0, 0.1) is 45.3 Å². The summed E-state index contributed by atoms with van der Waals surface area (Å²) < 4.78 is 0. The van der Waals surface area contributed by atoms with Gasteiger partial charge in [-0.15, -0.1) is 0 Å². The molecule has 0 heterocycles. The summed E-state index contributed by atoms with van der Waals surface area (Å²) in [5.74, 6) is -2.37. The highest BCUT2D eigenvalue weighted by atomic mass is 16.4. The molecule has 2 fully saturated rings. The van der Waals surface area contributed by atoms with Gasteiger partial charge in [0.25, 0.3) is 0 Å². The fourth-order valence-corrected chi connectivity index (χ4v) is 10.9. The number of fused-ring (bicyclic) bond motifs is 4. The molecule has 1 aromatic carbocycles. The monoisotopic (exact) mass is 662 g/mol. The number of hydrogen-bond donors (Lipinski definition) is 5. The second kappa shape index (κ2) is 12.8. The summed E-state index contributed by atoms with van der Waals surface area (Å²) in [4.78, 5) is 39.9. The normalized spacial score (nSPS) is 38.3. The van der Waals surface area contributed by atoms with E-state index in [4.69, 9.17) is 0 Å². The number of aliphatic carboxylic acids is 1. The molecule has 4 aliphatic rings. The van der Waals surface area contributed by atoms with Crippen LogP contribution < -0.4 is 0 Å². The fraction of sp³-hybridized carbons (Fsp3) is 0.625. The third-order valence-electron chi connectivity index (χ3n) is 13.2. The van der Waals surface area contributed by atoms with Crippen molar-refractivity contribution < 1.29 is 39.9 Å². The van der Waals surface area contributed by atoms with Crippen LogP contribution in [0.2, 0.25) is 0 Å². The van der Waals surface area contributed by atoms with Crippen molar-refractivity contribution in [2.75, 3.05) is 0 Å². The second-order valence-corrected chi connectivity index (χ2v) is 16.5. The lowest BCUT2D eigenvalue weighted by atomic mass is 9.40. The number of Topliss-reactive ketones (excluding diaryl/α,β-unsaturated/α-hetero) is 2. The van der Waals surface area contributed by atoms with Crippen LogP contribution in [0.3, 0.4) is 0 Å². The number of aliphatic hydroxyl groups is 4. The predicted molar refractivity (Wildman–Crippen MR) is 183 cm³/mol. The van der Waals surface area contributed by atoms with Crippen molar-refractivity contribution in [2.45, 2.75) is 111 Å². The Hall–Kier alpha value is -2.91. The highest BCUT2D eigenvalue weighted by Gasteiger charge is 2.71. The standard InChI is InChI=1S/C40H54O8/c1-22(17-26(42)19-25(36(47)48)18-23(2)41)28-20-31(45)40(7)33-32(29(43)21-39(28,40)6)38(5)16-15-30(44)37(3,4)35(38)27(34(33)46)14-13-24-11-9-8-10-12-24/h8-14,19,22-23,26-28,31,34-35,41-42,45-46H,15-18,20-21H2,1-7H3,(H,47,48)/t22-,23+,26+,27-,28+,31+,34-,35+,38-,39-,40-/m1/s1. The minimum absolute atomic E-state index is 0.0518. The zero-order valence-corrected chi connectivity index (χ0v) is 29.4. The summed E-state index contributed by atoms with van der Waals surface area (Å²) in [6.45, 7) is 13.4. The number of carboxylic acids is 1. The zero-order valence-electron chi connectivity index (χ0n) is 29.4. The Morgan fingerprint density at radius 1 is 1.02 bits per heavy atom. The van der Waals surface area contributed by atoms with Gasteiger partial charge in [0.1, 0.15) is 5.78 Å². The summed E-state index contributed by atoms with van der Waals surface area (Å²) in [5, 5.41) is 55.0. The molecule has 5 rings (SSSR count). The first-order chi connectivity index (χ1) is 22.3. The lowest BCUT2D eigenvalue weighted by molar-refractivity contribution is -0.150. The van der Waals surface area contributed by atoms with Crippen LogP contribution >= 0.6 is 0 Å². The second-order valence-electron chi connectivity index (χ2n) is 16.5. The number of hydrogen-bond acceptors (Lipinski definition) is 7. The van der Waals surface area contributed by atoms with Crippen molar-refractivity contribution in [3.05, 3.63) is 64.8 Å². The molecular weight excluding hydrogens is 608 g/mol. The maximum Gasteiger partial charge on any atom is 0.331 e. The Bertz CT molecular complexity index is 1540. The summed E-state index contributed by atoms with van der Waals surface area (Å²) in [6, 6.07) is 9.79. The van der Waals surface area contributed by atoms with E-state index in [2.05, 4.69) is 6.92 Å². The molecule has 0 amide bonds. The van der Waals surface area contributed by atoms with Crippen molar-refractivity contribution >= 4 is 23.6 Å². The maximum absolute atomic E-state index is 14.6. The van der Waals surface area contributed by atoms with E-state index in [0.717, 1.165) is 5.56 Å². The number of rotatable bonds is 9. The van der Waals surface area contributed by atoms with Gasteiger partial charge in [-0.1, -0.05) is 84.0 Å². The lowest BCUT2D eigenvalue weighted by Gasteiger charge is -2.63. The summed E-state index contributed by atoms with van der Waals surface area (Å²) in [7, 11) is 0. The quantitative estimate of drug-likeness (QED) is 0.217. The maximum atomic E-state index is 14.6. The van der Waals surface area contributed by atoms with Gasteiger partial charge in [-0.3, -0.25) is 9.59 Å². The molecular formula is C40H54O8. The number of carbonyl (C=O) groups excluding carboxylic acids is 2. The Labute approximate surface area is 284 Å². The van der Waals surface area contributed by atoms with Crippen molar-refractivity contribution in [1.29, 1.82) is 0 Å². The summed E-state index contributed by atoms with van der Waals surface area (Å²) >= 11 is 0. The third kappa shape index (κ3) is 5.66. The lowest BCUT2D eigenvalue weighted by Crippen LogP contribution is -2.63. The predicted octanol–water partition coefficient (Wildman–Crippen LogP) is 5.53. The molecule has 4 aliphatic carbocycles. The Kier molecular flexibility index (Phi) is 9.67. The van der Waals surface area contributed by atoms with Gasteiger partial charge in [0.2, 0.25) is 0 Å². The van der Waals surface area contributed by atoms with E-state index < -0.39 is 58.0 Å². The molecule has 0 spiro atoms. The summed E-state index contributed by atoms with van der Waals surface area (Å²) in [6.07, 6.45) is 2.78. The average molecular weight is 663 g/mol. The number of benzene rings is 1. The number of aliphatic hydroxyl groups excluding tert-OH is 4. The number of ketones is 2. The Morgan fingerprint density at radius 3 is 2.27 bits per heavy atom. The molecule has 0 radical (unpaired) electrons. The van der Waals surface area contributed by atoms with Crippen LogP contribution in [0.5, 0.6) is 0 Å². The first-order valence-electron chi connectivity index (χ1n) is 17.5. The first kappa shape index (κ1) is 36.4. The molecule has 262 valence electrons. The SMILES string of the molecule is C[C@H](O)CC(=C[C@@H](O)C[C@@H](C)[C@@H]1C[C@H](O)[C@]2(C)C3=C(C(=O)C[C@]12C)[C@@]1(C)CCC(=O)C(C)(C)[C@@H]1[C@H](C=Cc1ccccc1)[C@H]3O)C(=O)O. The van der Waals surface area contributed by atoms with Gasteiger partial charge >= 0.3 is 5.97 Å². The minimum Gasteiger partial charge on any atom is -0.478 e. The molecule has 1 aromatic rings. The van der Waals surface area contributed by atoms with Gasteiger partial charge in [0.05, 0.1) is 24.4 Å². The fourth-order valence-electron chi connectivity index (χ4n) is 10.9. The largest absolute Gasteiger partial charge is 0.478 e. The van der Waals surface area contributed by atoms with Gasteiger partial charge in [0.15, 0.2) is 5.78 Å². The van der Waals surface area contributed by atoms with Crippen LogP contribution in [-0.2, 0) is 14.4 Å². The van der Waals surface area contributed by atoms with Crippen LogP contribution in [-0.4, -0.2) is 67.5 Å². The molecule has 0 unspecified atom stereocenters. The van der Waals surface area contributed by atoms with Crippen molar-refractivity contribution in [3.8, 4) is 0 Å². The number of carbonyl (C=O) groups is 3. The van der Waals surface area contributed by atoms with Gasteiger partial charge in [-0.2, -0.15) is 0 Å². The van der Waals surface area contributed by atoms with E-state index in [1.807, 2.05) is 77.1 Å². The average Bonchev–Trinajstić information content (AvgIpc) is 3.20. The number of allylic oxidation sites excluding steroid dienone is 1. The van der Waals surface area contributed by atoms with Crippen LogP contribution in [0.15, 0.2) is 59.2 Å². The molecule has 0 aromatic heterocycles. The van der Waals surface area contributed by atoms with Gasteiger partial charge < -0.3 is 25.5 Å². The van der Waals surface area contributed by atoms with Crippen molar-refractivity contribution in [2.24, 2.45) is 45.3 Å². The highest BCUT2D eigenvalue weighted by Crippen LogP contribution is 2.72. The summed E-state index contributed by atoms with van der Waals surface area (Å²) in [5.41, 5.74) is -1.14. The Balaban J connectivity index is 1.59. The molecule has 48 heavy (non-hydrogen) atoms. The van der Waals surface area contributed by atoms with E-state index in [-0.39, 0.29) is 54.2 Å². The molecule has 8 nitrogen and oxygen atoms in total. The van der Waals surface area contributed by atoms with Crippen molar-refractivity contribution in [1.82, 2.24) is 0 Å². The zero-order chi connectivity index (χ0) is 35.6. The van der Waals surface area contributed by atoms with Gasteiger partial charge in [-0.05, 0) is 66.6 Å². The molecule has 0 bridgehead atoms. The van der Waals surface area contributed by atoms with E-state index >= 15 is 0 Å². The smallest absolute Gasteiger partial charge is 0.331 e. The molecule has 11 atom stereocenters. The van der Waals surface area contributed by atoms with E-state index in [0.29, 0.717) is 30.4 Å². The topological polar surface area (TPSA) is 152 Å². The molecule has 8 heteroatoms. The van der Waals surface area contributed by atoms with E-state index in [9.17, 15) is 39.9 Å². The van der Waals surface area contributed by atoms with Crippen molar-refractivity contribution in [3.63, 3.8) is 0 Å². The van der Waals surface area contributed by atoms with Crippen LogP contribution in [0.4, 0.5) is 0 Å². The first-order valence-corrected chi connectivity index (χ1v) is 17.5.